The maximum Gasteiger partial charge on any atom is 0.278 e. The van der Waals surface area contributed by atoms with E-state index in [0.717, 1.165) is 19.6 Å². The molecule has 0 radical (unpaired) electrons. The molecule has 2 aliphatic heterocycles. The zero-order valence-electron chi connectivity index (χ0n) is 16.6. The van der Waals surface area contributed by atoms with Crippen LogP contribution in [-0.2, 0) is 14.3 Å². The van der Waals surface area contributed by atoms with Gasteiger partial charge in [-0.2, -0.15) is 0 Å². The standard InChI is InChI=1S/C23H24FN3O3/c24-18-7-9-19(10-8-18)25-21-20(17-5-2-1-3-6-17)22(28)27(23(21)29)12-4-11-26-13-15-30-16-14-26/h1-3,5-10,25H,4,11-16H2. The first kappa shape index (κ1) is 20.3. The smallest absolute Gasteiger partial charge is 0.278 e. The Labute approximate surface area is 174 Å². The summed E-state index contributed by atoms with van der Waals surface area (Å²) in [6, 6.07) is 14.9. The SMILES string of the molecule is O=C1C(Nc2ccc(F)cc2)=C(c2ccccc2)C(=O)N1CCCN1CCOCC1. The van der Waals surface area contributed by atoms with Gasteiger partial charge in [-0.3, -0.25) is 19.4 Å². The number of halogens is 1. The van der Waals surface area contributed by atoms with E-state index in [2.05, 4.69) is 10.2 Å². The van der Waals surface area contributed by atoms with Crippen LogP contribution >= 0.6 is 0 Å². The summed E-state index contributed by atoms with van der Waals surface area (Å²) in [7, 11) is 0. The van der Waals surface area contributed by atoms with Gasteiger partial charge in [-0.05, 0) is 36.2 Å². The van der Waals surface area contributed by atoms with E-state index in [1.807, 2.05) is 30.3 Å². The van der Waals surface area contributed by atoms with Crippen molar-refractivity contribution in [1.29, 1.82) is 0 Å². The van der Waals surface area contributed by atoms with Crippen LogP contribution in [0.2, 0.25) is 0 Å². The summed E-state index contributed by atoms with van der Waals surface area (Å²) in [5.41, 5.74) is 1.80. The van der Waals surface area contributed by atoms with Crippen molar-refractivity contribution in [3.63, 3.8) is 0 Å². The van der Waals surface area contributed by atoms with Crippen LogP contribution < -0.4 is 5.32 Å². The number of carbonyl (C=O) groups is 2. The lowest BCUT2D eigenvalue weighted by Crippen LogP contribution is -2.39. The summed E-state index contributed by atoms with van der Waals surface area (Å²) in [5, 5.41) is 3.04. The molecule has 1 fully saturated rings. The molecule has 7 heteroatoms. The third kappa shape index (κ3) is 4.42. The molecule has 30 heavy (non-hydrogen) atoms. The van der Waals surface area contributed by atoms with E-state index in [9.17, 15) is 14.0 Å². The predicted molar refractivity (Wildman–Crippen MR) is 112 cm³/mol. The Balaban J connectivity index is 1.53. The molecular formula is C23H24FN3O3. The molecule has 2 amide bonds. The molecule has 2 aromatic carbocycles. The van der Waals surface area contributed by atoms with E-state index in [1.165, 1.54) is 17.0 Å². The molecule has 0 bridgehead atoms. The third-order valence-electron chi connectivity index (χ3n) is 5.30. The van der Waals surface area contributed by atoms with Gasteiger partial charge in [0.05, 0.1) is 18.8 Å². The number of amides is 2. The molecule has 0 spiro atoms. The van der Waals surface area contributed by atoms with E-state index in [0.29, 0.717) is 43.0 Å². The van der Waals surface area contributed by atoms with Gasteiger partial charge in [0.1, 0.15) is 11.5 Å². The van der Waals surface area contributed by atoms with Gasteiger partial charge in [0, 0.05) is 31.9 Å². The summed E-state index contributed by atoms with van der Waals surface area (Å²) in [6.45, 7) is 4.32. The van der Waals surface area contributed by atoms with Crippen LogP contribution in [0.15, 0.2) is 60.3 Å². The highest BCUT2D eigenvalue weighted by atomic mass is 19.1. The van der Waals surface area contributed by atoms with Crippen molar-refractivity contribution >= 4 is 23.1 Å². The summed E-state index contributed by atoms with van der Waals surface area (Å²) >= 11 is 0. The molecule has 0 aliphatic carbocycles. The molecule has 2 aromatic rings. The van der Waals surface area contributed by atoms with Crippen molar-refractivity contribution < 1.29 is 18.7 Å². The van der Waals surface area contributed by atoms with Gasteiger partial charge >= 0.3 is 0 Å². The number of imide groups is 1. The Morgan fingerprint density at radius 1 is 0.900 bits per heavy atom. The molecule has 2 aliphatic rings. The van der Waals surface area contributed by atoms with Crippen LogP contribution in [0.25, 0.3) is 5.57 Å². The zero-order chi connectivity index (χ0) is 20.9. The number of nitrogens with one attached hydrogen (secondary N) is 1. The van der Waals surface area contributed by atoms with Crippen LogP contribution in [0.5, 0.6) is 0 Å². The van der Waals surface area contributed by atoms with Gasteiger partial charge in [-0.15, -0.1) is 0 Å². The maximum absolute atomic E-state index is 13.3. The highest BCUT2D eigenvalue weighted by Gasteiger charge is 2.38. The van der Waals surface area contributed by atoms with E-state index >= 15 is 0 Å². The second-order valence-corrected chi connectivity index (χ2v) is 7.32. The second-order valence-electron chi connectivity index (χ2n) is 7.32. The number of rotatable bonds is 7. The summed E-state index contributed by atoms with van der Waals surface area (Å²) in [5.74, 6) is -1.03. The van der Waals surface area contributed by atoms with Crippen LogP contribution in [0.3, 0.4) is 0 Å². The Morgan fingerprint density at radius 2 is 1.60 bits per heavy atom. The van der Waals surface area contributed by atoms with Crippen LogP contribution in [0, 0.1) is 5.82 Å². The summed E-state index contributed by atoms with van der Waals surface area (Å²) in [6.07, 6.45) is 0.698. The number of hydrogen-bond donors (Lipinski definition) is 1. The minimum atomic E-state index is -0.364. The van der Waals surface area contributed by atoms with Crippen LogP contribution in [0.4, 0.5) is 10.1 Å². The van der Waals surface area contributed by atoms with Crippen molar-refractivity contribution in [1.82, 2.24) is 9.80 Å². The van der Waals surface area contributed by atoms with Crippen molar-refractivity contribution in [3.05, 3.63) is 71.7 Å². The topological polar surface area (TPSA) is 61.9 Å². The molecule has 6 nitrogen and oxygen atoms in total. The highest BCUT2D eigenvalue weighted by Crippen LogP contribution is 2.30. The summed E-state index contributed by atoms with van der Waals surface area (Å²) in [4.78, 5) is 29.9. The van der Waals surface area contributed by atoms with Gasteiger partial charge in [0.2, 0.25) is 0 Å². The maximum atomic E-state index is 13.3. The first-order valence-corrected chi connectivity index (χ1v) is 10.1. The Morgan fingerprint density at radius 3 is 2.30 bits per heavy atom. The van der Waals surface area contributed by atoms with E-state index in [4.69, 9.17) is 4.74 Å². The third-order valence-corrected chi connectivity index (χ3v) is 5.30. The Bertz CT molecular complexity index is 938. The van der Waals surface area contributed by atoms with Gasteiger partial charge in [-0.25, -0.2) is 4.39 Å². The minimum absolute atomic E-state index is 0.226. The molecule has 1 saturated heterocycles. The van der Waals surface area contributed by atoms with Gasteiger partial charge in [0.25, 0.3) is 11.8 Å². The zero-order valence-corrected chi connectivity index (χ0v) is 16.6. The van der Waals surface area contributed by atoms with Crippen molar-refractivity contribution in [3.8, 4) is 0 Å². The Hall–Kier alpha value is -3.03. The molecule has 0 unspecified atom stereocenters. The van der Waals surface area contributed by atoms with Crippen molar-refractivity contribution in [2.75, 3.05) is 44.7 Å². The number of benzene rings is 2. The molecule has 156 valence electrons. The summed E-state index contributed by atoms with van der Waals surface area (Å²) < 4.78 is 18.6. The number of ether oxygens (including phenoxy) is 1. The fourth-order valence-electron chi connectivity index (χ4n) is 3.72. The van der Waals surface area contributed by atoms with Gasteiger partial charge in [0.15, 0.2) is 0 Å². The lowest BCUT2D eigenvalue weighted by molar-refractivity contribution is -0.136. The molecular weight excluding hydrogens is 385 g/mol. The van der Waals surface area contributed by atoms with E-state index in [1.54, 1.807) is 12.1 Å². The van der Waals surface area contributed by atoms with Crippen LogP contribution in [0.1, 0.15) is 12.0 Å². The van der Waals surface area contributed by atoms with Gasteiger partial charge < -0.3 is 10.1 Å². The number of anilines is 1. The van der Waals surface area contributed by atoms with E-state index < -0.39 is 0 Å². The molecule has 0 saturated carbocycles. The molecule has 2 heterocycles. The van der Waals surface area contributed by atoms with Gasteiger partial charge in [-0.1, -0.05) is 30.3 Å². The molecule has 1 N–H and O–H groups in total. The Kier molecular flexibility index (Phi) is 6.21. The lowest BCUT2D eigenvalue weighted by Gasteiger charge is -2.27. The normalized spacial score (nSPS) is 17.7. The predicted octanol–water partition coefficient (Wildman–Crippen LogP) is 2.74. The van der Waals surface area contributed by atoms with Crippen molar-refractivity contribution in [2.24, 2.45) is 0 Å². The van der Waals surface area contributed by atoms with E-state index in [-0.39, 0.29) is 23.3 Å². The number of hydrogen-bond acceptors (Lipinski definition) is 5. The lowest BCUT2D eigenvalue weighted by atomic mass is 10.0. The monoisotopic (exact) mass is 409 g/mol. The fourth-order valence-corrected chi connectivity index (χ4v) is 3.72. The number of carbonyl (C=O) groups excluding carboxylic acids is 2. The first-order valence-electron chi connectivity index (χ1n) is 10.1. The molecule has 4 rings (SSSR count). The quantitative estimate of drug-likeness (QED) is 0.713. The minimum Gasteiger partial charge on any atom is -0.379 e. The number of morpholine rings is 1. The highest BCUT2D eigenvalue weighted by molar-refractivity contribution is 6.36. The second kappa shape index (κ2) is 9.19. The largest absolute Gasteiger partial charge is 0.379 e. The fraction of sp³-hybridized carbons (Fsp3) is 0.304. The average Bonchev–Trinajstić information content (AvgIpc) is 3.01. The first-order chi connectivity index (χ1) is 14.6. The average molecular weight is 409 g/mol. The molecule has 0 aromatic heterocycles. The van der Waals surface area contributed by atoms with Crippen LogP contribution in [-0.4, -0.2) is 61.0 Å². The number of nitrogens with zero attached hydrogens (tertiary/aromatic N) is 2. The molecule has 0 atom stereocenters. The van der Waals surface area contributed by atoms with Crippen molar-refractivity contribution in [2.45, 2.75) is 6.42 Å².